The largest absolute Gasteiger partial charge is 0.465 e. The summed E-state index contributed by atoms with van der Waals surface area (Å²) in [5.74, 6) is -0.539. The van der Waals surface area contributed by atoms with Crippen LogP contribution < -0.4 is 0 Å². The Hall–Kier alpha value is -0.610. The Morgan fingerprint density at radius 3 is 2.33 bits per heavy atom. The van der Waals surface area contributed by atoms with Crippen molar-refractivity contribution in [2.75, 3.05) is 19.8 Å². The van der Waals surface area contributed by atoms with E-state index < -0.39 is 11.4 Å². The summed E-state index contributed by atoms with van der Waals surface area (Å²) in [6, 6.07) is 0. The smallest absolute Gasteiger partial charge is 0.306 e. The van der Waals surface area contributed by atoms with Gasteiger partial charge in [0, 0.05) is 11.8 Å². The normalized spacial score (nSPS) is 11.3. The molecule has 0 rings (SSSR count). The molecule has 0 amide bonds. The van der Waals surface area contributed by atoms with Crippen LogP contribution in [0.1, 0.15) is 13.3 Å². The van der Waals surface area contributed by atoms with Crippen LogP contribution in [0.15, 0.2) is 0 Å². The molecule has 4 nitrogen and oxygen atoms in total. The van der Waals surface area contributed by atoms with Crippen LogP contribution in [-0.4, -0.2) is 36.0 Å². The van der Waals surface area contributed by atoms with E-state index in [9.17, 15) is 4.79 Å². The average Bonchev–Trinajstić information content (AvgIpc) is 2.13. The molecule has 0 aliphatic carbocycles. The summed E-state index contributed by atoms with van der Waals surface area (Å²) in [5.41, 5.74) is -0.773. The van der Waals surface area contributed by atoms with Gasteiger partial charge >= 0.3 is 5.97 Å². The first-order valence-electron chi connectivity index (χ1n) is 3.65. The molecule has 0 fully saturated rings. The third kappa shape index (κ3) is 3.69. The number of aliphatic hydroxyl groups is 2. The standard InChI is InChI=1S/C8H14O4/c1-3-7(11)12-6-8(2,4-9)5-10/h1,9-10H,3-6H2,2H3. The van der Waals surface area contributed by atoms with Crippen LogP contribution in [-0.2, 0) is 9.53 Å². The van der Waals surface area contributed by atoms with E-state index in [4.69, 9.17) is 17.1 Å². The zero-order chi connectivity index (χ0) is 9.61. The van der Waals surface area contributed by atoms with Crippen molar-refractivity contribution in [2.45, 2.75) is 13.3 Å². The van der Waals surface area contributed by atoms with Gasteiger partial charge in [0.1, 0.15) is 6.61 Å². The topological polar surface area (TPSA) is 66.8 Å². The van der Waals surface area contributed by atoms with Crippen molar-refractivity contribution >= 4 is 5.97 Å². The van der Waals surface area contributed by atoms with Gasteiger partial charge < -0.3 is 14.9 Å². The molecule has 0 aromatic heterocycles. The van der Waals surface area contributed by atoms with Gasteiger partial charge in [-0.05, 0) is 6.92 Å². The number of ether oxygens (including phenoxy) is 1. The van der Waals surface area contributed by atoms with Crippen LogP contribution in [0.4, 0.5) is 0 Å². The van der Waals surface area contributed by atoms with E-state index in [-0.39, 0.29) is 26.2 Å². The van der Waals surface area contributed by atoms with Crippen LogP contribution in [0.2, 0.25) is 0 Å². The van der Waals surface area contributed by atoms with Crippen LogP contribution >= 0.6 is 0 Å². The maximum Gasteiger partial charge on any atom is 0.306 e. The van der Waals surface area contributed by atoms with Crippen molar-refractivity contribution in [1.29, 1.82) is 0 Å². The van der Waals surface area contributed by atoms with E-state index in [0.717, 1.165) is 0 Å². The molecule has 70 valence electrons. The summed E-state index contributed by atoms with van der Waals surface area (Å²) in [7, 11) is 0. The van der Waals surface area contributed by atoms with E-state index in [1.165, 1.54) is 0 Å². The molecule has 0 spiro atoms. The molecule has 0 saturated heterocycles. The molecule has 0 aliphatic rings. The molecular formula is C8H14O4. The summed E-state index contributed by atoms with van der Waals surface area (Å²) in [6.45, 7) is 6.11. The van der Waals surface area contributed by atoms with Gasteiger partial charge in [-0.15, -0.1) is 0 Å². The lowest BCUT2D eigenvalue weighted by Crippen LogP contribution is -2.32. The minimum absolute atomic E-state index is 0.0178. The van der Waals surface area contributed by atoms with Crippen LogP contribution in [0.3, 0.4) is 0 Å². The van der Waals surface area contributed by atoms with Crippen molar-refractivity contribution in [3.63, 3.8) is 0 Å². The predicted octanol–water partition coefficient (Wildman–Crippen LogP) is -0.378. The Bertz CT molecular complexity index is 140. The van der Waals surface area contributed by atoms with Crippen molar-refractivity contribution < 1.29 is 19.7 Å². The first kappa shape index (κ1) is 11.4. The number of aliphatic hydroxyl groups excluding tert-OH is 2. The fourth-order valence-electron chi connectivity index (χ4n) is 0.455. The van der Waals surface area contributed by atoms with Crippen LogP contribution in [0.5, 0.6) is 0 Å². The second kappa shape index (κ2) is 5.11. The predicted molar refractivity (Wildman–Crippen MR) is 42.2 cm³/mol. The van der Waals surface area contributed by atoms with Gasteiger partial charge in [0.15, 0.2) is 0 Å². The molecule has 0 aromatic rings. The third-order valence-corrected chi connectivity index (χ3v) is 1.51. The molecule has 0 aromatic carbocycles. The van der Waals surface area contributed by atoms with Crippen molar-refractivity contribution in [1.82, 2.24) is 0 Å². The maximum absolute atomic E-state index is 10.6. The zero-order valence-electron chi connectivity index (χ0n) is 7.12. The maximum atomic E-state index is 10.6. The molecule has 2 N–H and O–H groups in total. The minimum atomic E-state index is -0.773. The van der Waals surface area contributed by atoms with E-state index in [0.29, 0.717) is 0 Å². The van der Waals surface area contributed by atoms with Gasteiger partial charge in [0.2, 0.25) is 0 Å². The Balaban J connectivity index is 3.80. The average molecular weight is 174 g/mol. The number of hydrogen-bond acceptors (Lipinski definition) is 4. The summed E-state index contributed by atoms with van der Waals surface area (Å²) in [6.07, 6.45) is -0.188. The van der Waals surface area contributed by atoms with Gasteiger partial charge in [-0.1, -0.05) is 6.92 Å². The van der Waals surface area contributed by atoms with Gasteiger partial charge in [0.05, 0.1) is 13.2 Å². The number of carbonyl (C=O) groups is 1. The highest BCUT2D eigenvalue weighted by atomic mass is 16.5. The Morgan fingerprint density at radius 2 is 2.00 bits per heavy atom. The van der Waals surface area contributed by atoms with Crippen LogP contribution in [0.25, 0.3) is 0 Å². The summed E-state index contributed by atoms with van der Waals surface area (Å²) >= 11 is 0. The molecule has 0 unspecified atom stereocenters. The lowest BCUT2D eigenvalue weighted by molar-refractivity contribution is -0.147. The molecule has 0 aliphatic heterocycles. The van der Waals surface area contributed by atoms with E-state index in [2.05, 4.69) is 4.74 Å². The lowest BCUT2D eigenvalue weighted by Gasteiger charge is -2.23. The Morgan fingerprint density at radius 1 is 1.50 bits per heavy atom. The number of rotatable bonds is 5. The van der Waals surface area contributed by atoms with E-state index >= 15 is 0 Å². The van der Waals surface area contributed by atoms with Crippen molar-refractivity contribution in [3.8, 4) is 0 Å². The van der Waals surface area contributed by atoms with Gasteiger partial charge in [0.25, 0.3) is 0 Å². The van der Waals surface area contributed by atoms with E-state index in [1.807, 2.05) is 0 Å². The highest BCUT2D eigenvalue weighted by molar-refractivity contribution is 5.69. The molecule has 12 heavy (non-hydrogen) atoms. The van der Waals surface area contributed by atoms with Gasteiger partial charge in [-0.2, -0.15) is 0 Å². The summed E-state index contributed by atoms with van der Waals surface area (Å²) in [5, 5.41) is 17.6. The fraction of sp³-hybridized carbons (Fsp3) is 0.750. The zero-order valence-corrected chi connectivity index (χ0v) is 7.12. The van der Waals surface area contributed by atoms with Gasteiger partial charge in [-0.25, -0.2) is 0 Å². The fourth-order valence-corrected chi connectivity index (χ4v) is 0.455. The molecule has 0 bridgehead atoms. The molecule has 0 heterocycles. The second-order valence-corrected chi connectivity index (χ2v) is 2.99. The first-order chi connectivity index (χ1) is 5.58. The molecule has 2 radical (unpaired) electrons. The molecule has 4 heteroatoms. The van der Waals surface area contributed by atoms with Crippen molar-refractivity contribution in [2.24, 2.45) is 5.41 Å². The quantitative estimate of drug-likeness (QED) is 0.558. The van der Waals surface area contributed by atoms with Gasteiger partial charge in [-0.3, -0.25) is 4.79 Å². The highest BCUT2D eigenvalue weighted by Crippen LogP contribution is 2.14. The Labute approximate surface area is 72.2 Å². The minimum Gasteiger partial charge on any atom is -0.465 e. The number of carbonyl (C=O) groups excluding carboxylic acids is 1. The Kier molecular flexibility index (Phi) is 4.85. The monoisotopic (exact) mass is 174 g/mol. The second-order valence-electron chi connectivity index (χ2n) is 2.99. The summed E-state index contributed by atoms with van der Waals surface area (Å²) < 4.78 is 4.65. The molecule has 0 atom stereocenters. The summed E-state index contributed by atoms with van der Waals surface area (Å²) in [4.78, 5) is 10.6. The lowest BCUT2D eigenvalue weighted by atomic mass is 9.95. The first-order valence-corrected chi connectivity index (χ1v) is 3.65. The molecular weight excluding hydrogens is 160 g/mol. The number of hydrogen-bond donors (Lipinski definition) is 2. The number of esters is 1. The van der Waals surface area contributed by atoms with Crippen molar-refractivity contribution in [3.05, 3.63) is 6.92 Å². The van der Waals surface area contributed by atoms with Crippen LogP contribution in [0, 0.1) is 12.3 Å². The SMILES string of the molecule is [CH]CC(=O)OCC(C)(CO)CO. The third-order valence-electron chi connectivity index (χ3n) is 1.51. The highest BCUT2D eigenvalue weighted by Gasteiger charge is 2.24. The molecule has 0 saturated carbocycles. The van der Waals surface area contributed by atoms with E-state index in [1.54, 1.807) is 6.92 Å².